The van der Waals surface area contributed by atoms with Crippen LogP contribution >= 0.6 is 0 Å². The van der Waals surface area contributed by atoms with Crippen molar-refractivity contribution in [3.63, 3.8) is 0 Å². The summed E-state index contributed by atoms with van der Waals surface area (Å²) >= 11 is 0. The van der Waals surface area contributed by atoms with Crippen molar-refractivity contribution in [3.05, 3.63) is 50.1 Å². The van der Waals surface area contributed by atoms with Gasteiger partial charge in [-0.1, -0.05) is 45.6 Å². The van der Waals surface area contributed by atoms with E-state index in [1.165, 1.54) is 0 Å². The summed E-state index contributed by atoms with van der Waals surface area (Å²) in [6.45, 7) is 5.74. The summed E-state index contributed by atoms with van der Waals surface area (Å²) in [5, 5.41) is 21.9. The molecule has 8 heteroatoms. The fourth-order valence-electron chi connectivity index (χ4n) is 2.64. The number of benzene rings is 1. The molecule has 1 aromatic rings. The van der Waals surface area contributed by atoms with Crippen LogP contribution in [-0.2, 0) is 4.79 Å². The molecule has 0 fully saturated rings. The predicted octanol–water partition coefficient (Wildman–Crippen LogP) is 4.96. The van der Waals surface area contributed by atoms with Gasteiger partial charge in [0.05, 0.1) is 15.9 Å². The van der Waals surface area contributed by atoms with E-state index in [1.807, 2.05) is 6.92 Å². The second-order valence-electron chi connectivity index (χ2n) is 6.05. The van der Waals surface area contributed by atoms with Gasteiger partial charge >= 0.3 is 11.7 Å². The Balaban J connectivity index is 2.90. The van der Waals surface area contributed by atoms with Gasteiger partial charge in [0.25, 0.3) is 5.69 Å². The number of unbranched alkanes of at least 4 members (excludes halogenated alkanes) is 3. The van der Waals surface area contributed by atoms with Gasteiger partial charge in [-0.05, 0) is 25.3 Å². The maximum atomic E-state index is 12.4. The predicted molar refractivity (Wildman–Crippen MR) is 97.1 cm³/mol. The molecule has 142 valence electrons. The largest absolute Gasteiger partial charge is 0.416 e. The maximum Gasteiger partial charge on any atom is 0.339 e. The first-order valence-corrected chi connectivity index (χ1v) is 8.63. The van der Waals surface area contributed by atoms with Crippen molar-refractivity contribution in [2.75, 3.05) is 0 Å². The average molecular weight is 364 g/mol. The lowest BCUT2D eigenvalue weighted by molar-refractivity contribution is -0.394. The van der Waals surface area contributed by atoms with Crippen LogP contribution in [0.3, 0.4) is 0 Å². The number of allylic oxidation sites excluding steroid dienone is 1. The topological polar surface area (TPSA) is 113 Å². The zero-order valence-electron chi connectivity index (χ0n) is 15.3. The lowest BCUT2D eigenvalue weighted by atomic mass is 9.94. The zero-order chi connectivity index (χ0) is 19.7. The maximum absolute atomic E-state index is 12.4. The van der Waals surface area contributed by atoms with E-state index in [-0.39, 0.29) is 11.7 Å². The number of esters is 1. The van der Waals surface area contributed by atoms with E-state index >= 15 is 0 Å². The van der Waals surface area contributed by atoms with Crippen molar-refractivity contribution < 1.29 is 19.4 Å². The number of nitrogens with zero attached hydrogens (tertiary/aromatic N) is 2. The van der Waals surface area contributed by atoms with Gasteiger partial charge in [0.1, 0.15) is 0 Å². The first-order chi connectivity index (χ1) is 12.3. The summed E-state index contributed by atoms with van der Waals surface area (Å²) in [4.78, 5) is 32.8. The molecule has 0 radical (unpaired) electrons. The molecule has 1 unspecified atom stereocenters. The lowest BCUT2D eigenvalue weighted by Gasteiger charge is -2.15. The molecule has 8 nitrogen and oxygen atoms in total. The van der Waals surface area contributed by atoms with E-state index < -0.39 is 27.2 Å². The van der Waals surface area contributed by atoms with Crippen molar-refractivity contribution >= 4 is 17.3 Å². The Hall–Kier alpha value is -2.77. The van der Waals surface area contributed by atoms with E-state index in [1.54, 1.807) is 13.0 Å². The van der Waals surface area contributed by atoms with Crippen molar-refractivity contribution in [1.29, 1.82) is 0 Å². The van der Waals surface area contributed by atoms with E-state index in [0.717, 1.165) is 50.3 Å². The number of hydrogen-bond acceptors (Lipinski definition) is 6. The summed E-state index contributed by atoms with van der Waals surface area (Å²) < 4.78 is 5.17. The van der Waals surface area contributed by atoms with Gasteiger partial charge in [-0.2, -0.15) is 0 Å². The van der Waals surface area contributed by atoms with Crippen LogP contribution in [-0.4, -0.2) is 15.8 Å². The monoisotopic (exact) mass is 364 g/mol. The van der Waals surface area contributed by atoms with Gasteiger partial charge in [-0.25, -0.2) is 4.79 Å². The minimum atomic E-state index is -0.806. The highest BCUT2D eigenvalue weighted by atomic mass is 16.6. The Labute approximate surface area is 152 Å². The first kappa shape index (κ1) is 21.3. The highest BCUT2D eigenvalue weighted by Crippen LogP contribution is 2.32. The van der Waals surface area contributed by atoms with Crippen molar-refractivity contribution in [1.82, 2.24) is 0 Å². The zero-order valence-corrected chi connectivity index (χ0v) is 15.3. The first-order valence-electron chi connectivity index (χ1n) is 8.63. The van der Waals surface area contributed by atoms with Crippen LogP contribution in [0.2, 0.25) is 0 Å². The number of non-ortho nitro benzene ring substituents is 1. The highest BCUT2D eigenvalue weighted by Gasteiger charge is 2.25. The number of carbonyl (C=O) groups is 1. The van der Waals surface area contributed by atoms with E-state index in [4.69, 9.17) is 4.74 Å². The standard InChI is InChI=1S/C18H24N2O6/c1-4-6-7-8-9-13(3)15(5-2)18(21)26-17-11-10-14(19(22)23)12-16(17)20(24)25/h5,10-13H,4,6-9H2,1-3H3/b15-5+. The van der Waals surface area contributed by atoms with Crippen LogP contribution in [0.25, 0.3) is 0 Å². The summed E-state index contributed by atoms with van der Waals surface area (Å²) in [5.41, 5.74) is -0.611. The number of ether oxygens (including phenoxy) is 1. The van der Waals surface area contributed by atoms with Crippen LogP contribution in [0.1, 0.15) is 52.9 Å². The molecule has 0 amide bonds. The Kier molecular flexibility index (Phi) is 8.41. The molecule has 0 aliphatic heterocycles. The van der Waals surface area contributed by atoms with Crippen molar-refractivity contribution in [2.45, 2.75) is 52.9 Å². The van der Waals surface area contributed by atoms with Crippen LogP contribution < -0.4 is 4.74 Å². The second kappa shape index (κ2) is 10.3. The Morgan fingerprint density at radius 1 is 1.19 bits per heavy atom. The van der Waals surface area contributed by atoms with E-state index in [2.05, 4.69) is 6.92 Å². The quantitative estimate of drug-likeness (QED) is 0.145. The number of nitro benzene ring substituents is 2. The molecule has 0 aromatic heterocycles. The summed E-state index contributed by atoms with van der Waals surface area (Å²) in [6.07, 6.45) is 6.78. The minimum Gasteiger partial charge on any atom is -0.416 e. The molecule has 0 spiro atoms. The number of carbonyl (C=O) groups excluding carboxylic acids is 1. The molecule has 0 aliphatic rings. The van der Waals surface area contributed by atoms with Crippen LogP contribution in [0.5, 0.6) is 5.75 Å². The highest BCUT2D eigenvalue weighted by molar-refractivity contribution is 5.91. The third kappa shape index (κ3) is 5.94. The number of hydrogen-bond donors (Lipinski definition) is 0. The van der Waals surface area contributed by atoms with E-state index in [0.29, 0.717) is 5.57 Å². The normalized spacial score (nSPS) is 12.5. The molecule has 1 aromatic carbocycles. The van der Waals surface area contributed by atoms with Gasteiger partial charge in [-0.15, -0.1) is 0 Å². The van der Waals surface area contributed by atoms with Crippen LogP contribution in [0, 0.1) is 26.1 Å². The third-order valence-corrected chi connectivity index (χ3v) is 4.12. The molecule has 0 saturated heterocycles. The molecule has 1 rings (SSSR count). The molecule has 0 N–H and O–H groups in total. The Bertz CT molecular complexity index is 699. The number of nitro groups is 2. The minimum absolute atomic E-state index is 0.0403. The molecular weight excluding hydrogens is 340 g/mol. The fourth-order valence-corrected chi connectivity index (χ4v) is 2.64. The SMILES string of the molecule is C/C=C(/C(=O)Oc1ccc([N+](=O)[O-])cc1[N+](=O)[O-])C(C)CCCCCC. The summed E-state index contributed by atoms with van der Waals surface area (Å²) in [5.74, 6) is -1.02. The van der Waals surface area contributed by atoms with Gasteiger partial charge in [0.15, 0.2) is 0 Å². The molecule has 0 heterocycles. The van der Waals surface area contributed by atoms with Gasteiger partial charge in [-0.3, -0.25) is 20.2 Å². The average Bonchev–Trinajstić information content (AvgIpc) is 2.59. The van der Waals surface area contributed by atoms with Gasteiger partial charge in [0.2, 0.25) is 5.75 Å². The molecular formula is C18H24N2O6. The third-order valence-electron chi connectivity index (χ3n) is 4.12. The summed E-state index contributed by atoms with van der Waals surface area (Å²) in [7, 11) is 0. The van der Waals surface area contributed by atoms with Crippen LogP contribution in [0.15, 0.2) is 29.8 Å². The Morgan fingerprint density at radius 2 is 1.88 bits per heavy atom. The van der Waals surface area contributed by atoms with Crippen LogP contribution in [0.4, 0.5) is 11.4 Å². The van der Waals surface area contributed by atoms with Gasteiger partial charge in [0, 0.05) is 11.6 Å². The van der Waals surface area contributed by atoms with Gasteiger partial charge < -0.3 is 4.74 Å². The number of rotatable bonds is 10. The van der Waals surface area contributed by atoms with E-state index in [9.17, 15) is 25.0 Å². The van der Waals surface area contributed by atoms with Crippen molar-refractivity contribution in [3.8, 4) is 5.75 Å². The molecule has 26 heavy (non-hydrogen) atoms. The smallest absolute Gasteiger partial charge is 0.339 e. The molecule has 0 bridgehead atoms. The molecule has 1 atom stereocenters. The Morgan fingerprint density at radius 3 is 2.42 bits per heavy atom. The lowest BCUT2D eigenvalue weighted by Crippen LogP contribution is -2.17. The molecule has 0 aliphatic carbocycles. The fraction of sp³-hybridized carbons (Fsp3) is 0.500. The molecule has 0 saturated carbocycles. The summed E-state index contributed by atoms with van der Waals surface area (Å²) in [6, 6.07) is 2.93. The second-order valence-corrected chi connectivity index (χ2v) is 6.05. The van der Waals surface area contributed by atoms with Crippen molar-refractivity contribution in [2.24, 2.45) is 5.92 Å².